The predicted molar refractivity (Wildman–Crippen MR) is 101 cm³/mol. The van der Waals surface area contributed by atoms with Crippen molar-refractivity contribution in [2.75, 3.05) is 18.5 Å². The average Bonchev–Trinajstić information content (AvgIpc) is 2.59. The van der Waals surface area contributed by atoms with Crippen LogP contribution in [0, 0.1) is 0 Å². The van der Waals surface area contributed by atoms with Crippen LogP contribution in [0.5, 0.6) is 5.75 Å². The highest BCUT2D eigenvalue weighted by Crippen LogP contribution is 2.39. The lowest BCUT2D eigenvalue weighted by atomic mass is 9.96. The quantitative estimate of drug-likeness (QED) is 0.808. The minimum Gasteiger partial charge on any atom is -0.484 e. The molecule has 0 spiro atoms. The lowest BCUT2D eigenvalue weighted by Gasteiger charge is -2.39. The van der Waals surface area contributed by atoms with E-state index in [9.17, 15) is 13.2 Å². The molecule has 1 aromatic rings. The van der Waals surface area contributed by atoms with E-state index in [1.807, 2.05) is 13.8 Å². The summed E-state index contributed by atoms with van der Waals surface area (Å²) in [6.45, 7) is 5.69. The predicted octanol–water partition coefficient (Wildman–Crippen LogP) is 3.16. The molecule has 26 heavy (non-hydrogen) atoms. The molecule has 144 valence electrons. The standard InChI is InChI=1S/C19H28N2O4S/c1-14(22)21-13-19(2,3)25-18-11-10-16(12-17(18)21)26(23,24)20(4)15-8-6-5-7-9-15/h10-12,15H,5-9,13H2,1-4H3. The van der Waals surface area contributed by atoms with E-state index in [-0.39, 0.29) is 16.8 Å². The van der Waals surface area contributed by atoms with Gasteiger partial charge in [-0.3, -0.25) is 4.79 Å². The van der Waals surface area contributed by atoms with E-state index >= 15 is 0 Å². The Morgan fingerprint density at radius 1 is 1.23 bits per heavy atom. The van der Waals surface area contributed by atoms with E-state index in [1.165, 1.54) is 17.6 Å². The molecule has 1 heterocycles. The van der Waals surface area contributed by atoms with Crippen molar-refractivity contribution in [1.82, 2.24) is 4.31 Å². The van der Waals surface area contributed by atoms with E-state index in [0.29, 0.717) is 18.0 Å². The number of amides is 1. The molecule has 1 fully saturated rings. The molecule has 0 atom stereocenters. The van der Waals surface area contributed by atoms with Crippen LogP contribution in [0.2, 0.25) is 0 Å². The Labute approximate surface area is 156 Å². The molecule has 0 unspecified atom stereocenters. The summed E-state index contributed by atoms with van der Waals surface area (Å²) in [5.74, 6) is 0.411. The van der Waals surface area contributed by atoms with E-state index in [0.717, 1.165) is 25.7 Å². The number of rotatable bonds is 3. The largest absolute Gasteiger partial charge is 0.484 e. The lowest BCUT2D eigenvalue weighted by molar-refractivity contribution is -0.117. The van der Waals surface area contributed by atoms with Gasteiger partial charge in [-0.05, 0) is 44.9 Å². The number of nitrogens with zero attached hydrogens (tertiary/aromatic N) is 2. The van der Waals surface area contributed by atoms with Gasteiger partial charge in [-0.15, -0.1) is 0 Å². The summed E-state index contributed by atoms with van der Waals surface area (Å²) in [4.78, 5) is 13.9. The summed E-state index contributed by atoms with van der Waals surface area (Å²) >= 11 is 0. The molecule has 0 saturated heterocycles. The van der Waals surface area contributed by atoms with Gasteiger partial charge in [0.2, 0.25) is 15.9 Å². The van der Waals surface area contributed by atoms with Gasteiger partial charge in [0.05, 0.1) is 17.1 Å². The van der Waals surface area contributed by atoms with Gasteiger partial charge in [0.25, 0.3) is 0 Å². The first kappa shape index (κ1) is 19.2. The Hall–Kier alpha value is -1.60. The van der Waals surface area contributed by atoms with Crippen LogP contribution in [-0.4, -0.2) is 43.9 Å². The van der Waals surface area contributed by atoms with Crippen LogP contribution in [0.4, 0.5) is 5.69 Å². The number of hydrogen-bond donors (Lipinski definition) is 0. The third-order valence-corrected chi connectivity index (χ3v) is 7.20. The highest BCUT2D eigenvalue weighted by molar-refractivity contribution is 7.89. The average molecular weight is 381 g/mol. The van der Waals surface area contributed by atoms with Gasteiger partial charge < -0.3 is 9.64 Å². The zero-order valence-corrected chi connectivity index (χ0v) is 16.8. The number of sulfonamides is 1. The zero-order valence-electron chi connectivity index (χ0n) is 16.0. The molecule has 0 radical (unpaired) electrons. The molecule has 2 aliphatic rings. The minimum absolute atomic E-state index is 0.0453. The van der Waals surface area contributed by atoms with E-state index in [2.05, 4.69) is 0 Å². The molecule has 1 amide bonds. The number of fused-ring (bicyclic) bond motifs is 1. The van der Waals surface area contributed by atoms with Gasteiger partial charge in [0.1, 0.15) is 11.4 Å². The smallest absolute Gasteiger partial charge is 0.243 e. The zero-order chi connectivity index (χ0) is 19.1. The summed E-state index contributed by atoms with van der Waals surface area (Å²) in [6.07, 6.45) is 5.10. The van der Waals surface area contributed by atoms with Gasteiger partial charge in [0.15, 0.2) is 0 Å². The van der Waals surface area contributed by atoms with Crippen LogP contribution in [0.25, 0.3) is 0 Å². The van der Waals surface area contributed by atoms with Crippen molar-refractivity contribution in [3.63, 3.8) is 0 Å². The van der Waals surface area contributed by atoms with Gasteiger partial charge >= 0.3 is 0 Å². The van der Waals surface area contributed by atoms with Crippen LogP contribution in [0.3, 0.4) is 0 Å². The van der Waals surface area contributed by atoms with E-state index in [1.54, 1.807) is 30.1 Å². The molecule has 7 heteroatoms. The van der Waals surface area contributed by atoms with Crippen molar-refractivity contribution in [3.05, 3.63) is 18.2 Å². The third kappa shape index (κ3) is 3.60. The molecule has 0 N–H and O–H groups in total. The summed E-state index contributed by atoms with van der Waals surface area (Å²) in [7, 11) is -1.95. The molecule has 0 aromatic heterocycles. The van der Waals surface area contributed by atoms with Crippen molar-refractivity contribution in [2.24, 2.45) is 0 Å². The molecule has 0 bridgehead atoms. The number of anilines is 1. The third-order valence-electron chi connectivity index (χ3n) is 5.29. The Morgan fingerprint density at radius 3 is 2.50 bits per heavy atom. The molecule has 1 aromatic carbocycles. The molecular formula is C19H28N2O4S. The summed E-state index contributed by atoms with van der Waals surface area (Å²) in [6, 6.07) is 4.85. The maximum atomic E-state index is 13.1. The maximum absolute atomic E-state index is 13.1. The summed E-state index contributed by atoms with van der Waals surface area (Å²) in [5.41, 5.74) is 0.00717. The van der Waals surface area contributed by atoms with E-state index < -0.39 is 15.6 Å². The van der Waals surface area contributed by atoms with Crippen molar-refractivity contribution in [1.29, 1.82) is 0 Å². The molecule has 1 saturated carbocycles. The fourth-order valence-electron chi connectivity index (χ4n) is 3.84. The first-order valence-corrected chi connectivity index (χ1v) is 10.6. The Morgan fingerprint density at radius 2 is 1.88 bits per heavy atom. The highest BCUT2D eigenvalue weighted by atomic mass is 32.2. The SMILES string of the molecule is CC(=O)N1CC(C)(C)Oc2ccc(S(=O)(=O)N(C)C3CCCCC3)cc21. The van der Waals surface area contributed by atoms with Crippen LogP contribution in [0.1, 0.15) is 52.9 Å². The van der Waals surface area contributed by atoms with Crippen LogP contribution >= 0.6 is 0 Å². The molecule has 6 nitrogen and oxygen atoms in total. The van der Waals surface area contributed by atoms with Gasteiger partial charge in [-0.25, -0.2) is 8.42 Å². The molecule has 1 aliphatic carbocycles. The topological polar surface area (TPSA) is 66.9 Å². The maximum Gasteiger partial charge on any atom is 0.243 e. The number of benzene rings is 1. The van der Waals surface area contributed by atoms with Crippen molar-refractivity contribution in [2.45, 2.75) is 69.4 Å². The van der Waals surface area contributed by atoms with Crippen LogP contribution in [-0.2, 0) is 14.8 Å². The second-order valence-corrected chi connectivity index (χ2v) is 9.91. The van der Waals surface area contributed by atoms with Gasteiger partial charge in [0, 0.05) is 20.0 Å². The first-order chi connectivity index (χ1) is 12.1. The van der Waals surface area contributed by atoms with Crippen LogP contribution < -0.4 is 9.64 Å². The van der Waals surface area contributed by atoms with Gasteiger partial charge in [-0.2, -0.15) is 4.31 Å². The van der Waals surface area contributed by atoms with Crippen LogP contribution in [0.15, 0.2) is 23.1 Å². The summed E-state index contributed by atoms with van der Waals surface area (Å²) in [5, 5.41) is 0. The van der Waals surface area contributed by atoms with E-state index in [4.69, 9.17) is 4.74 Å². The monoisotopic (exact) mass is 380 g/mol. The van der Waals surface area contributed by atoms with Crippen molar-refractivity contribution >= 4 is 21.6 Å². The number of carbonyl (C=O) groups excluding carboxylic acids is 1. The number of carbonyl (C=O) groups is 1. The fraction of sp³-hybridized carbons (Fsp3) is 0.632. The molecular weight excluding hydrogens is 352 g/mol. The minimum atomic E-state index is -3.61. The Balaban J connectivity index is 1.97. The number of hydrogen-bond acceptors (Lipinski definition) is 4. The number of ether oxygens (including phenoxy) is 1. The summed E-state index contributed by atoms with van der Waals surface area (Å²) < 4.78 is 33.6. The Kier molecular flexibility index (Phi) is 5.05. The van der Waals surface area contributed by atoms with Crippen molar-refractivity contribution in [3.8, 4) is 5.75 Å². The highest BCUT2D eigenvalue weighted by Gasteiger charge is 2.36. The second-order valence-electron chi connectivity index (χ2n) is 7.91. The molecule has 3 rings (SSSR count). The second kappa shape index (κ2) is 6.85. The lowest BCUT2D eigenvalue weighted by Crippen LogP contribution is -2.48. The normalized spacial score (nSPS) is 20.6. The first-order valence-electron chi connectivity index (χ1n) is 9.21. The van der Waals surface area contributed by atoms with Gasteiger partial charge in [-0.1, -0.05) is 19.3 Å². The molecule has 1 aliphatic heterocycles. The van der Waals surface area contributed by atoms with Crippen molar-refractivity contribution < 1.29 is 17.9 Å². The fourth-order valence-corrected chi connectivity index (χ4v) is 5.28. The Bertz CT molecular complexity index is 798.